The van der Waals surface area contributed by atoms with Crippen molar-refractivity contribution < 1.29 is 22.1 Å². The number of fused-ring (bicyclic) bond motifs is 2. The summed E-state index contributed by atoms with van der Waals surface area (Å²) in [6, 6.07) is 15.8. The zero-order chi connectivity index (χ0) is 24.3. The molecule has 0 N–H and O–H groups in total. The number of pyridine rings is 1. The Labute approximate surface area is 207 Å². The van der Waals surface area contributed by atoms with E-state index < -0.39 is 23.3 Å². The van der Waals surface area contributed by atoms with Gasteiger partial charge in [0.05, 0.1) is 10.8 Å². The number of hydrogen-bond acceptors (Lipinski definition) is 0. The van der Waals surface area contributed by atoms with Gasteiger partial charge in [0.1, 0.15) is 0 Å². The molecule has 0 atom stereocenters. The molecule has 1 nitrogen and oxygen atoms in total. The Kier molecular flexibility index (Phi) is 5.59. The molecule has 0 spiro atoms. The highest BCUT2D eigenvalue weighted by atomic mass is 127. The smallest absolute Gasteiger partial charge is 0.204 e. The quantitative estimate of drug-likeness (QED) is 0.0874. The Morgan fingerprint density at radius 3 is 1.50 bits per heavy atom. The van der Waals surface area contributed by atoms with Crippen molar-refractivity contribution >= 4 is 44.4 Å². The summed E-state index contributed by atoms with van der Waals surface area (Å²) >= 11 is 2.17. The van der Waals surface area contributed by atoms with Crippen LogP contribution in [0.15, 0.2) is 60.7 Å². The van der Waals surface area contributed by atoms with Crippen molar-refractivity contribution in [1.29, 1.82) is 0 Å². The van der Waals surface area contributed by atoms with Crippen LogP contribution in [-0.2, 0) is 0 Å². The van der Waals surface area contributed by atoms with Crippen LogP contribution in [0.2, 0.25) is 0 Å². The molecule has 0 aliphatic carbocycles. The van der Waals surface area contributed by atoms with Crippen molar-refractivity contribution in [1.82, 2.24) is 0 Å². The largest absolute Gasteiger partial charge is 0.222 e. The molecule has 0 amide bonds. The molecule has 0 radical (unpaired) electrons. The molecule has 1 aromatic heterocycles. The first-order valence-corrected chi connectivity index (χ1v) is 11.7. The average molecular weight is 572 g/mol. The lowest BCUT2D eigenvalue weighted by molar-refractivity contribution is -0.538. The molecule has 0 aliphatic rings. The topological polar surface area (TPSA) is 3.88 Å². The molecule has 5 rings (SSSR count). The van der Waals surface area contributed by atoms with Gasteiger partial charge in [0.25, 0.3) is 0 Å². The second-order valence-electron chi connectivity index (χ2n) is 8.53. The van der Waals surface area contributed by atoms with E-state index in [2.05, 4.69) is 22.6 Å². The third kappa shape index (κ3) is 3.64. The Balaban J connectivity index is 2.09. The van der Waals surface area contributed by atoms with Crippen LogP contribution in [0, 0.1) is 47.6 Å². The maximum absolute atomic E-state index is 14.6. The normalized spacial score (nSPS) is 11.5. The first-order chi connectivity index (χ1) is 16.2. The van der Waals surface area contributed by atoms with Crippen LogP contribution >= 0.6 is 22.6 Å². The predicted molar refractivity (Wildman–Crippen MR) is 135 cm³/mol. The molecule has 5 aromatic rings. The Bertz CT molecular complexity index is 1530. The number of halogens is 5. The van der Waals surface area contributed by atoms with Gasteiger partial charge in [-0.2, -0.15) is 4.57 Å². The van der Waals surface area contributed by atoms with E-state index in [1.54, 1.807) is 4.57 Å². The molecule has 0 saturated heterocycles. The van der Waals surface area contributed by atoms with E-state index in [1.165, 1.54) is 0 Å². The van der Waals surface area contributed by atoms with E-state index in [0.717, 1.165) is 50.1 Å². The number of aryl methyl sites for hydroxylation is 3. The van der Waals surface area contributed by atoms with Gasteiger partial charge in [0.15, 0.2) is 23.3 Å². The summed E-state index contributed by atoms with van der Waals surface area (Å²) in [6.07, 6.45) is 0. The van der Waals surface area contributed by atoms with Gasteiger partial charge in [0.2, 0.25) is 16.7 Å². The standard InChI is InChI=1S/C28H19F4IN/c1-14-8-15(2)27(16(3)9-14)28-19-10-21(29)23(31)12-25(19)34(18-6-4-17(33)5-7-18)26-13-24(32)22(30)11-20(26)28/h4-13H,1-3H3/q+1. The van der Waals surface area contributed by atoms with Crippen molar-refractivity contribution in [2.45, 2.75) is 20.8 Å². The molecular formula is C28H19F4IN+. The van der Waals surface area contributed by atoms with Crippen molar-refractivity contribution in [2.75, 3.05) is 0 Å². The van der Waals surface area contributed by atoms with Gasteiger partial charge >= 0.3 is 0 Å². The molecule has 34 heavy (non-hydrogen) atoms. The van der Waals surface area contributed by atoms with Crippen LogP contribution in [0.25, 0.3) is 38.6 Å². The van der Waals surface area contributed by atoms with Crippen LogP contribution in [0.1, 0.15) is 16.7 Å². The summed E-state index contributed by atoms with van der Waals surface area (Å²) in [5.74, 6) is -4.05. The van der Waals surface area contributed by atoms with Crippen molar-refractivity contribution in [3.05, 3.63) is 104 Å². The molecule has 0 fully saturated rings. The van der Waals surface area contributed by atoms with Crippen LogP contribution in [-0.4, -0.2) is 0 Å². The second-order valence-corrected chi connectivity index (χ2v) is 9.77. The average Bonchev–Trinajstić information content (AvgIpc) is 2.76. The first-order valence-electron chi connectivity index (χ1n) is 10.7. The summed E-state index contributed by atoms with van der Waals surface area (Å²) in [6.45, 7) is 5.82. The number of hydrogen-bond donors (Lipinski definition) is 0. The van der Waals surface area contributed by atoms with Crippen molar-refractivity contribution in [3.8, 4) is 16.8 Å². The third-order valence-corrected chi connectivity index (χ3v) is 6.83. The molecular weight excluding hydrogens is 553 g/mol. The van der Waals surface area contributed by atoms with Crippen LogP contribution in [0.3, 0.4) is 0 Å². The van der Waals surface area contributed by atoms with Crippen LogP contribution in [0.5, 0.6) is 0 Å². The molecule has 0 aliphatic heterocycles. The van der Waals surface area contributed by atoms with Gasteiger partial charge < -0.3 is 0 Å². The van der Waals surface area contributed by atoms with Gasteiger partial charge in [-0.05, 0) is 84.3 Å². The Morgan fingerprint density at radius 1 is 0.588 bits per heavy atom. The third-order valence-electron chi connectivity index (χ3n) is 6.11. The van der Waals surface area contributed by atoms with E-state index >= 15 is 0 Å². The molecule has 1 heterocycles. The van der Waals surface area contributed by atoms with Crippen LogP contribution in [0.4, 0.5) is 17.6 Å². The zero-order valence-corrected chi connectivity index (χ0v) is 20.8. The molecule has 0 unspecified atom stereocenters. The van der Waals surface area contributed by atoms with Crippen molar-refractivity contribution in [3.63, 3.8) is 0 Å². The molecule has 4 aromatic carbocycles. The zero-order valence-electron chi connectivity index (χ0n) is 18.6. The Hall–Kier alpha value is -3.00. The van der Waals surface area contributed by atoms with E-state index in [4.69, 9.17) is 0 Å². The fourth-order valence-corrected chi connectivity index (χ4v) is 5.19. The SMILES string of the molecule is Cc1cc(C)c(-c2c3cc(F)c(F)cc3[n+](-c3ccc(I)cc3)c3cc(F)c(F)cc23)c(C)c1. The van der Waals surface area contributed by atoms with Gasteiger partial charge in [0, 0.05) is 33.4 Å². The minimum absolute atomic E-state index is 0.355. The Morgan fingerprint density at radius 2 is 1.03 bits per heavy atom. The lowest BCUT2D eigenvalue weighted by Gasteiger charge is -2.17. The van der Waals surface area contributed by atoms with Crippen LogP contribution < -0.4 is 4.57 Å². The first kappa shape index (κ1) is 22.8. The van der Waals surface area contributed by atoms with E-state index in [0.29, 0.717) is 33.1 Å². The monoisotopic (exact) mass is 572 g/mol. The number of nitrogens with zero attached hydrogens (tertiary/aromatic N) is 1. The summed E-state index contributed by atoms with van der Waals surface area (Å²) in [5, 5.41) is 0.817. The minimum atomic E-state index is -1.02. The van der Waals surface area contributed by atoms with Crippen molar-refractivity contribution in [2.24, 2.45) is 0 Å². The maximum atomic E-state index is 14.6. The summed E-state index contributed by atoms with van der Waals surface area (Å²) in [4.78, 5) is 0. The lowest BCUT2D eigenvalue weighted by atomic mass is 9.88. The summed E-state index contributed by atoms with van der Waals surface area (Å²) < 4.78 is 61.0. The summed E-state index contributed by atoms with van der Waals surface area (Å²) in [7, 11) is 0. The number of benzene rings is 4. The van der Waals surface area contributed by atoms with E-state index in [9.17, 15) is 17.6 Å². The highest BCUT2D eigenvalue weighted by molar-refractivity contribution is 14.1. The molecule has 6 heteroatoms. The van der Waals surface area contributed by atoms with Gasteiger partial charge in [-0.3, -0.25) is 0 Å². The fourth-order valence-electron chi connectivity index (χ4n) is 4.83. The second kappa shape index (κ2) is 8.34. The minimum Gasteiger partial charge on any atom is -0.204 e. The maximum Gasteiger partial charge on any atom is 0.222 e. The number of aromatic nitrogens is 1. The van der Waals surface area contributed by atoms with E-state index in [-0.39, 0.29) is 0 Å². The van der Waals surface area contributed by atoms with Gasteiger partial charge in [-0.15, -0.1) is 0 Å². The lowest BCUT2D eigenvalue weighted by Crippen LogP contribution is -2.33. The van der Waals surface area contributed by atoms with Gasteiger partial charge in [-0.25, -0.2) is 17.6 Å². The number of rotatable bonds is 2. The molecule has 170 valence electrons. The van der Waals surface area contributed by atoms with E-state index in [1.807, 2.05) is 57.2 Å². The highest BCUT2D eigenvalue weighted by Crippen LogP contribution is 2.40. The predicted octanol–water partition coefficient (Wildman–Crippen LogP) is 8.02. The molecule has 0 bridgehead atoms. The fraction of sp³-hybridized carbons (Fsp3) is 0.107. The summed E-state index contributed by atoms with van der Waals surface area (Å²) in [5.41, 5.74) is 5.51. The molecule has 0 saturated carbocycles. The van der Waals surface area contributed by atoms with Gasteiger partial charge in [-0.1, -0.05) is 17.7 Å². The highest BCUT2D eigenvalue weighted by Gasteiger charge is 2.28.